The molecule has 6 nitrogen and oxygen atoms in total. The van der Waals surface area contributed by atoms with E-state index in [9.17, 15) is 4.79 Å². The van der Waals surface area contributed by atoms with Gasteiger partial charge in [-0.1, -0.05) is 42.1 Å². The van der Waals surface area contributed by atoms with Gasteiger partial charge in [-0.3, -0.25) is 13.8 Å². The Bertz CT molecular complexity index is 1100. The normalized spacial score (nSPS) is 11.0. The lowest BCUT2D eigenvalue weighted by Gasteiger charge is -2.08. The van der Waals surface area contributed by atoms with E-state index in [2.05, 4.69) is 22.3 Å². The number of hydrogen-bond acceptors (Lipinski definition) is 5. The maximum absolute atomic E-state index is 12.8. The van der Waals surface area contributed by atoms with Gasteiger partial charge in [0.15, 0.2) is 5.16 Å². The zero-order valence-electron chi connectivity index (χ0n) is 14.8. The minimum atomic E-state index is -0.208. The molecule has 0 atom stereocenters. The van der Waals surface area contributed by atoms with E-state index < -0.39 is 0 Å². The van der Waals surface area contributed by atoms with E-state index in [1.54, 1.807) is 26.9 Å². The van der Waals surface area contributed by atoms with E-state index >= 15 is 0 Å². The summed E-state index contributed by atoms with van der Waals surface area (Å²) < 4.78 is 8.75. The monoisotopic (exact) mass is 378 g/mol. The van der Waals surface area contributed by atoms with Crippen molar-refractivity contribution in [2.24, 2.45) is 0 Å². The smallest absolute Gasteiger partial charge is 0.300 e. The number of fused-ring (bicyclic) bond motifs is 1. The van der Waals surface area contributed by atoms with E-state index in [-0.39, 0.29) is 5.56 Å². The summed E-state index contributed by atoms with van der Waals surface area (Å²) in [5.74, 6) is 1.54. The van der Waals surface area contributed by atoms with Crippen LogP contribution < -0.4 is 10.3 Å². The second-order valence-electron chi connectivity index (χ2n) is 5.85. The van der Waals surface area contributed by atoms with Crippen LogP contribution in [0.5, 0.6) is 5.75 Å². The van der Waals surface area contributed by atoms with Gasteiger partial charge in [-0.2, -0.15) is 0 Å². The van der Waals surface area contributed by atoms with Crippen molar-refractivity contribution < 1.29 is 4.74 Å². The molecule has 0 radical (unpaired) electrons. The van der Waals surface area contributed by atoms with Gasteiger partial charge in [0.25, 0.3) is 0 Å². The number of hydrogen-bond donors (Lipinski definition) is 0. The summed E-state index contributed by atoms with van der Waals surface area (Å²) in [4.78, 5) is 12.8. The Hall–Kier alpha value is -3.06. The van der Waals surface area contributed by atoms with Crippen molar-refractivity contribution in [1.29, 1.82) is 0 Å². The van der Waals surface area contributed by atoms with Crippen LogP contribution in [0, 0.1) is 0 Å². The Morgan fingerprint density at radius 2 is 1.78 bits per heavy atom. The number of nitrogens with zero attached hydrogens (tertiary/aromatic N) is 4. The summed E-state index contributed by atoms with van der Waals surface area (Å²) in [7, 11) is 0. The zero-order valence-corrected chi connectivity index (χ0v) is 15.6. The van der Waals surface area contributed by atoms with Gasteiger partial charge in [0, 0.05) is 23.8 Å². The first kappa shape index (κ1) is 17.4. The van der Waals surface area contributed by atoms with Gasteiger partial charge in [-0.25, -0.2) is 0 Å². The molecule has 0 aliphatic heterocycles. The highest BCUT2D eigenvalue weighted by atomic mass is 32.2. The minimum absolute atomic E-state index is 0.208. The molecule has 0 aliphatic rings. The first-order valence-corrected chi connectivity index (χ1v) is 9.61. The summed E-state index contributed by atoms with van der Waals surface area (Å²) in [5.41, 5.74) is 2.05. The molecule has 0 fully saturated rings. The van der Waals surface area contributed by atoms with Gasteiger partial charge in [-0.05, 0) is 36.8 Å². The Morgan fingerprint density at radius 3 is 2.52 bits per heavy atom. The molecule has 0 spiro atoms. The number of ether oxygens (including phenoxy) is 1. The maximum Gasteiger partial charge on any atom is 0.300 e. The van der Waals surface area contributed by atoms with Crippen molar-refractivity contribution in [3.8, 4) is 11.4 Å². The predicted molar refractivity (Wildman–Crippen MR) is 106 cm³/mol. The molecular formula is C20H18N4O2S. The van der Waals surface area contributed by atoms with E-state index in [0.717, 1.165) is 17.2 Å². The topological polar surface area (TPSA) is 61.4 Å². The van der Waals surface area contributed by atoms with Crippen molar-refractivity contribution in [3.05, 3.63) is 82.9 Å². The Balaban J connectivity index is 1.62. The maximum atomic E-state index is 12.8. The predicted octanol–water partition coefficient (Wildman–Crippen LogP) is 3.57. The fourth-order valence-corrected chi connectivity index (χ4v) is 3.63. The first-order chi connectivity index (χ1) is 13.3. The lowest BCUT2D eigenvalue weighted by Crippen LogP contribution is -2.20. The number of aromatic nitrogens is 4. The van der Waals surface area contributed by atoms with Gasteiger partial charge in [0.2, 0.25) is 5.65 Å². The average molecular weight is 378 g/mol. The van der Waals surface area contributed by atoms with Crippen LogP contribution in [-0.2, 0) is 5.75 Å². The standard InChI is InChI=1S/C20H18N4O2S/c1-2-26-17-10-8-16(9-11-17)23-12-13-24-18(19(23)25)21-22-20(24)27-14-15-6-4-3-5-7-15/h3-13H,2,14H2,1H3. The largest absolute Gasteiger partial charge is 0.494 e. The third-order valence-electron chi connectivity index (χ3n) is 4.08. The van der Waals surface area contributed by atoms with E-state index in [1.165, 1.54) is 5.56 Å². The van der Waals surface area contributed by atoms with Crippen molar-refractivity contribution in [1.82, 2.24) is 19.2 Å². The Morgan fingerprint density at radius 1 is 1.00 bits per heavy atom. The van der Waals surface area contributed by atoms with Crippen molar-refractivity contribution in [3.63, 3.8) is 0 Å². The molecule has 0 saturated heterocycles. The van der Waals surface area contributed by atoms with Crippen LogP contribution in [0.15, 0.2) is 76.9 Å². The molecule has 136 valence electrons. The highest BCUT2D eigenvalue weighted by molar-refractivity contribution is 7.98. The highest BCUT2D eigenvalue weighted by Crippen LogP contribution is 2.21. The lowest BCUT2D eigenvalue weighted by atomic mass is 10.2. The molecule has 4 aromatic rings. The minimum Gasteiger partial charge on any atom is -0.494 e. The van der Waals surface area contributed by atoms with Crippen LogP contribution in [0.3, 0.4) is 0 Å². The molecular weight excluding hydrogens is 360 g/mol. The zero-order chi connectivity index (χ0) is 18.6. The molecule has 2 aromatic heterocycles. The van der Waals surface area contributed by atoms with E-state index in [1.807, 2.05) is 55.6 Å². The number of benzene rings is 2. The van der Waals surface area contributed by atoms with Crippen LogP contribution in [0.25, 0.3) is 11.3 Å². The average Bonchev–Trinajstić information content (AvgIpc) is 3.13. The molecule has 0 saturated carbocycles. The Labute approximate surface area is 160 Å². The molecule has 0 unspecified atom stereocenters. The molecule has 4 rings (SSSR count). The quantitative estimate of drug-likeness (QED) is 0.480. The number of rotatable bonds is 6. The van der Waals surface area contributed by atoms with Crippen molar-refractivity contribution >= 4 is 17.4 Å². The molecule has 0 N–H and O–H groups in total. The second-order valence-corrected chi connectivity index (χ2v) is 6.79. The number of thioether (sulfide) groups is 1. The first-order valence-electron chi connectivity index (χ1n) is 8.62. The highest BCUT2D eigenvalue weighted by Gasteiger charge is 2.12. The molecule has 0 aliphatic carbocycles. The van der Waals surface area contributed by atoms with Gasteiger partial charge in [-0.15, -0.1) is 10.2 Å². The fraction of sp³-hybridized carbons (Fsp3) is 0.150. The van der Waals surface area contributed by atoms with Crippen LogP contribution >= 0.6 is 11.8 Å². The van der Waals surface area contributed by atoms with Gasteiger partial charge in [0.05, 0.1) is 6.61 Å². The summed E-state index contributed by atoms with van der Waals surface area (Å²) in [6.07, 6.45) is 3.56. The van der Waals surface area contributed by atoms with Gasteiger partial charge < -0.3 is 4.74 Å². The molecule has 27 heavy (non-hydrogen) atoms. The van der Waals surface area contributed by atoms with Crippen LogP contribution in [0.1, 0.15) is 12.5 Å². The summed E-state index contributed by atoms with van der Waals surface area (Å²) in [6, 6.07) is 17.5. The summed E-state index contributed by atoms with van der Waals surface area (Å²) >= 11 is 1.55. The van der Waals surface area contributed by atoms with Gasteiger partial charge in [0.1, 0.15) is 5.75 Å². The van der Waals surface area contributed by atoms with E-state index in [4.69, 9.17) is 4.74 Å². The summed E-state index contributed by atoms with van der Waals surface area (Å²) in [6.45, 7) is 2.54. The molecule has 2 aromatic carbocycles. The second kappa shape index (κ2) is 7.67. The third-order valence-corrected chi connectivity index (χ3v) is 5.09. The molecule has 0 bridgehead atoms. The molecule has 2 heterocycles. The SMILES string of the molecule is CCOc1ccc(-n2ccn3c(SCc4ccccc4)nnc3c2=O)cc1. The van der Waals surface area contributed by atoms with Crippen LogP contribution in [-0.4, -0.2) is 25.8 Å². The van der Waals surface area contributed by atoms with Crippen molar-refractivity contribution in [2.75, 3.05) is 6.61 Å². The Kier molecular flexibility index (Phi) is 4.93. The van der Waals surface area contributed by atoms with Crippen LogP contribution in [0.2, 0.25) is 0 Å². The third kappa shape index (κ3) is 3.59. The molecule has 0 amide bonds. The van der Waals surface area contributed by atoms with E-state index in [0.29, 0.717) is 17.4 Å². The van der Waals surface area contributed by atoms with Gasteiger partial charge >= 0.3 is 5.56 Å². The summed E-state index contributed by atoms with van der Waals surface area (Å²) in [5, 5.41) is 8.98. The molecule has 7 heteroatoms. The fourth-order valence-electron chi connectivity index (χ4n) is 2.76. The lowest BCUT2D eigenvalue weighted by molar-refractivity contribution is 0.340. The van der Waals surface area contributed by atoms with Crippen molar-refractivity contribution in [2.45, 2.75) is 17.8 Å². The van der Waals surface area contributed by atoms with Crippen LogP contribution in [0.4, 0.5) is 0 Å².